The lowest BCUT2D eigenvalue weighted by Gasteiger charge is -2.11. The number of non-ortho nitro benzene ring substituents is 1. The maximum atomic E-state index is 10.7. The molecule has 0 aliphatic heterocycles. The summed E-state index contributed by atoms with van der Waals surface area (Å²) in [5.41, 5.74) is 1.26. The summed E-state index contributed by atoms with van der Waals surface area (Å²) >= 11 is 5.12. The normalized spacial score (nSPS) is 10.0. The summed E-state index contributed by atoms with van der Waals surface area (Å²) in [6, 6.07) is 13.6. The maximum Gasteiger partial charge on any atom is 0.271 e. The second-order valence-electron chi connectivity index (χ2n) is 4.58. The number of anilines is 1. The number of thiocarbonyl (C=S) groups is 1. The van der Waals surface area contributed by atoms with Gasteiger partial charge in [0, 0.05) is 18.7 Å². The summed E-state index contributed by atoms with van der Waals surface area (Å²) < 4.78 is 0. The average molecular weight is 317 g/mol. The van der Waals surface area contributed by atoms with Crippen LogP contribution in [-0.2, 0) is 6.42 Å². The van der Waals surface area contributed by atoms with Gasteiger partial charge < -0.3 is 15.7 Å². The molecule has 0 saturated heterocycles. The molecular weight excluding hydrogens is 302 g/mol. The third-order valence-corrected chi connectivity index (χ3v) is 3.23. The number of nitro groups is 1. The molecule has 114 valence electrons. The van der Waals surface area contributed by atoms with Gasteiger partial charge in [0.2, 0.25) is 0 Å². The maximum absolute atomic E-state index is 10.7. The molecule has 0 aromatic heterocycles. The Labute approximate surface area is 132 Å². The Morgan fingerprint density at radius 3 is 2.64 bits per heavy atom. The summed E-state index contributed by atoms with van der Waals surface area (Å²) in [6.07, 6.45) is 0.795. The first-order valence-corrected chi connectivity index (χ1v) is 7.03. The van der Waals surface area contributed by atoms with Crippen LogP contribution in [0, 0.1) is 10.1 Å². The van der Waals surface area contributed by atoms with Gasteiger partial charge in [-0.15, -0.1) is 0 Å². The van der Waals surface area contributed by atoms with Crippen molar-refractivity contribution in [2.24, 2.45) is 0 Å². The molecule has 0 atom stereocenters. The number of hydrogen-bond acceptors (Lipinski definition) is 4. The number of nitrogens with zero attached hydrogens (tertiary/aromatic N) is 1. The van der Waals surface area contributed by atoms with E-state index in [0.29, 0.717) is 11.7 Å². The highest BCUT2D eigenvalue weighted by Gasteiger charge is 2.11. The van der Waals surface area contributed by atoms with Crippen LogP contribution >= 0.6 is 12.2 Å². The van der Waals surface area contributed by atoms with Gasteiger partial charge in [-0.05, 0) is 30.3 Å². The summed E-state index contributed by atoms with van der Waals surface area (Å²) in [4.78, 5) is 10.2. The summed E-state index contributed by atoms with van der Waals surface area (Å²) in [5, 5.41) is 26.5. The molecule has 0 radical (unpaired) electrons. The van der Waals surface area contributed by atoms with Crippen LogP contribution in [0.4, 0.5) is 11.4 Å². The van der Waals surface area contributed by atoms with Gasteiger partial charge in [0.1, 0.15) is 5.75 Å². The Morgan fingerprint density at radius 2 is 1.95 bits per heavy atom. The zero-order valence-corrected chi connectivity index (χ0v) is 12.5. The Bertz CT molecular complexity index is 677. The molecule has 0 heterocycles. The smallest absolute Gasteiger partial charge is 0.271 e. The van der Waals surface area contributed by atoms with Crippen molar-refractivity contribution < 1.29 is 10.0 Å². The van der Waals surface area contributed by atoms with Crippen molar-refractivity contribution in [2.75, 3.05) is 11.9 Å². The second-order valence-corrected chi connectivity index (χ2v) is 4.98. The van der Waals surface area contributed by atoms with Crippen LogP contribution in [0.15, 0.2) is 48.5 Å². The van der Waals surface area contributed by atoms with Gasteiger partial charge in [-0.3, -0.25) is 10.1 Å². The van der Waals surface area contributed by atoms with Crippen molar-refractivity contribution in [2.45, 2.75) is 6.42 Å². The Hall–Kier alpha value is -2.67. The zero-order chi connectivity index (χ0) is 15.9. The van der Waals surface area contributed by atoms with Gasteiger partial charge in [0.05, 0.1) is 10.6 Å². The summed E-state index contributed by atoms with van der Waals surface area (Å²) in [6.45, 7) is 0.617. The van der Waals surface area contributed by atoms with Crippen LogP contribution in [0.5, 0.6) is 5.75 Å². The summed E-state index contributed by atoms with van der Waals surface area (Å²) in [7, 11) is 0. The Kier molecular flexibility index (Phi) is 5.26. The van der Waals surface area contributed by atoms with Crippen molar-refractivity contribution in [3.05, 3.63) is 64.2 Å². The van der Waals surface area contributed by atoms with Crippen LogP contribution in [0.3, 0.4) is 0 Å². The minimum atomic E-state index is -0.531. The molecule has 0 bridgehead atoms. The molecule has 0 fully saturated rings. The third-order valence-electron chi connectivity index (χ3n) is 2.98. The lowest BCUT2D eigenvalue weighted by atomic mass is 10.1. The fourth-order valence-corrected chi connectivity index (χ4v) is 2.08. The van der Waals surface area contributed by atoms with Crippen molar-refractivity contribution >= 4 is 28.7 Å². The molecule has 2 rings (SSSR count). The van der Waals surface area contributed by atoms with Crippen LogP contribution < -0.4 is 10.6 Å². The molecular formula is C15H15N3O3S. The number of hydrogen-bond donors (Lipinski definition) is 3. The van der Waals surface area contributed by atoms with E-state index in [1.165, 1.54) is 23.8 Å². The van der Waals surface area contributed by atoms with Gasteiger partial charge in [-0.1, -0.05) is 30.3 Å². The van der Waals surface area contributed by atoms with E-state index in [9.17, 15) is 15.2 Å². The van der Waals surface area contributed by atoms with E-state index < -0.39 is 4.92 Å². The van der Waals surface area contributed by atoms with Gasteiger partial charge in [-0.25, -0.2) is 0 Å². The van der Waals surface area contributed by atoms with E-state index in [0.717, 1.165) is 6.42 Å². The number of benzene rings is 2. The highest BCUT2D eigenvalue weighted by molar-refractivity contribution is 7.80. The largest absolute Gasteiger partial charge is 0.506 e. The predicted molar refractivity (Wildman–Crippen MR) is 89.1 cm³/mol. The van der Waals surface area contributed by atoms with Crippen molar-refractivity contribution in [1.29, 1.82) is 0 Å². The van der Waals surface area contributed by atoms with E-state index in [4.69, 9.17) is 12.2 Å². The van der Waals surface area contributed by atoms with Gasteiger partial charge in [0.15, 0.2) is 5.11 Å². The number of phenols is 1. The molecule has 0 spiro atoms. The van der Waals surface area contributed by atoms with E-state index in [1.54, 1.807) is 0 Å². The van der Waals surface area contributed by atoms with Crippen LogP contribution in [0.25, 0.3) is 0 Å². The minimum Gasteiger partial charge on any atom is -0.506 e. The van der Waals surface area contributed by atoms with Crippen LogP contribution in [0.2, 0.25) is 0 Å². The Balaban J connectivity index is 1.89. The lowest BCUT2D eigenvalue weighted by molar-refractivity contribution is -0.384. The van der Waals surface area contributed by atoms with E-state index in [1.807, 2.05) is 30.3 Å². The minimum absolute atomic E-state index is 0.0993. The van der Waals surface area contributed by atoms with Gasteiger partial charge in [0.25, 0.3) is 5.69 Å². The molecule has 2 aromatic carbocycles. The van der Waals surface area contributed by atoms with Crippen molar-refractivity contribution in [3.63, 3.8) is 0 Å². The standard InChI is InChI=1S/C15H15N3O3S/c19-14-7-6-12(18(20)21)10-13(14)17-15(22)16-9-8-11-4-2-1-3-5-11/h1-7,10,19H,8-9H2,(H2,16,17,22). The van der Waals surface area contributed by atoms with Gasteiger partial charge in [-0.2, -0.15) is 0 Å². The second kappa shape index (κ2) is 7.37. The van der Waals surface area contributed by atoms with Crippen LogP contribution in [-0.4, -0.2) is 21.7 Å². The van der Waals surface area contributed by atoms with Gasteiger partial charge >= 0.3 is 0 Å². The third kappa shape index (κ3) is 4.42. The molecule has 7 heteroatoms. The topological polar surface area (TPSA) is 87.4 Å². The molecule has 2 aromatic rings. The number of phenolic OH excluding ortho intramolecular Hbond substituents is 1. The first kappa shape index (κ1) is 15.7. The Morgan fingerprint density at radius 1 is 1.23 bits per heavy atom. The molecule has 6 nitrogen and oxygen atoms in total. The van der Waals surface area contributed by atoms with Crippen molar-refractivity contribution in [1.82, 2.24) is 5.32 Å². The molecule has 0 aliphatic carbocycles. The highest BCUT2D eigenvalue weighted by atomic mass is 32.1. The first-order chi connectivity index (χ1) is 10.6. The van der Waals surface area contributed by atoms with Crippen molar-refractivity contribution in [3.8, 4) is 5.75 Å². The fraction of sp³-hybridized carbons (Fsp3) is 0.133. The van der Waals surface area contributed by atoms with E-state index in [2.05, 4.69) is 10.6 Å². The predicted octanol–water partition coefficient (Wildman–Crippen LogP) is 2.83. The number of rotatable bonds is 5. The van der Waals surface area contributed by atoms with E-state index >= 15 is 0 Å². The first-order valence-electron chi connectivity index (χ1n) is 6.62. The monoisotopic (exact) mass is 317 g/mol. The quantitative estimate of drug-likeness (QED) is 0.340. The molecule has 0 aliphatic rings. The molecule has 0 saturated carbocycles. The fourth-order valence-electron chi connectivity index (χ4n) is 1.87. The number of nitro benzene ring substituents is 1. The zero-order valence-electron chi connectivity index (χ0n) is 11.7. The SMILES string of the molecule is O=[N+]([O-])c1ccc(O)c(NC(=S)NCCc2ccccc2)c1. The van der Waals surface area contributed by atoms with Crippen LogP contribution in [0.1, 0.15) is 5.56 Å². The molecule has 3 N–H and O–H groups in total. The molecule has 0 unspecified atom stereocenters. The van der Waals surface area contributed by atoms with E-state index in [-0.39, 0.29) is 17.1 Å². The summed E-state index contributed by atoms with van der Waals surface area (Å²) in [5.74, 6) is -0.0993. The number of aromatic hydroxyl groups is 1. The highest BCUT2D eigenvalue weighted by Crippen LogP contribution is 2.27. The molecule has 22 heavy (non-hydrogen) atoms. The lowest BCUT2D eigenvalue weighted by Crippen LogP contribution is -2.30. The average Bonchev–Trinajstić information content (AvgIpc) is 2.50. The number of nitrogens with one attached hydrogen (secondary N) is 2. The molecule has 0 amide bonds.